The first-order chi connectivity index (χ1) is 18.0. The van der Waals surface area contributed by atoms with E-state index in [4.69, 9.17) is 33.2 Å². The SMILES string of the molecule is CC(C)(c1cccc(-c2ccc(Cl)nc2Cl)n1)c1cc(-c2ccccc2)cc(-n2cc(C(F)(F)F)cn2)n1. The Balaban J connectivity index is 1.64. The highest BCUT2D eigenvalue weighted by Crippen LogP contribution is 2.35. The Hall–Kier alpha value is -3.75. The van der Waals surface area contributed by atoms with Crippen molar-refractivity contribution in [3.05, 3.63) is 112 Å². The van der Waals surface area contributed by atoms with Gasteiger partial charge in [0.25, 0.3) is 0 Å². The Morgan fingerprint density at radius 3 is 2.21 bits per heavy atom. The predicted molar refractivity (Wildman–Crippen MR) is 141 cm³/mol. The van der Waals surface area contributed by atoms with Crippen molar-refractivity contribution in [1.82, 2.24) is 24.7 Å². The van der Waals surface area contributed by atoms with E-state index in [2.05, 4.69) is 10.1 Å². The molecule has 0 spiro atoms. The summed E-state index contributed by atoms with van der Waals surface area (Å²) < 4.78 is 41.0. The van der Waals surface area contributed by atoms with E-state index in [1.807, 2.05) is 68.4 Å². The maximum atomic E-state index is 13.3. The molecule has 0 aliphatic heterocycles. The molecular formula is C28H20Cl2F3N5. The van der Waals surface area contributed by atoms with Crippen molar-refractivity contribution in [1.29, 1.82) is 0 Å². The fraction of sp³-hybridized carbons (Fsp3) is 0.143. The molecule has 1 aromatic carbocycles. The van der Waals surface area contributed by atoms with Gasteiger partial charge in [-0.3, -0.25) is 4.98 Å². The number of aromatic nitrogens is 5. The molecule has 0 amide bonds. The Kier molecular flexibility index (Phi) is 6.71. The van der Waals surface area contributed by atoms with E-state index < -0.39 is 17.2 Å². The molecule has 192 valence electrons. The molecule has 38 heavy (non-hydrogen) atoms. The first-order valence-electron chi connectivity index (χ1n) is 11.5. The molecule has 0 unspecified atom stereocenters. The minimum atomic E-state index is -4.51. The third-order valence-corrected chi connectivity index (χ3v) is 6.68. The zero-order valence-corrected chi connectivity index (χ0v) is 21.7. The molecule has 4 heterocycles. The number of pyridine rings is 3. The lowest BCUT2D eigenvalue weighted by atomic mass is 9.83. The molecule has 0 fully saturated rings. The first-order valence-corrected chi connectivity index (χ1v) is 12.3. The molecule has 10 heteroatoms. The Bertz CT molecular complexity index is 1610. The molecule has 0 aliphatic carbocycles. The summed E-state index contributed by atoms with van der Waals surface area (Å²) in [6, 6.07) is 22.1. The van der Waals surface area contributed by atoms with E-state index in [1.165, 1.54) is 0 Å². The molecular weight excluding hydrogens is 534 g/mol. The minimum Gasteiger partial charge on any atom is -0.252 e. The average Bonchev–Trinajstić information content (AvgIpc) is 3.40. The van der Waals surface area contributed by atoms with Crippen LogP contribution in [0.4, 0.5) is 13.2 Å². The van der Waals surface area contributed by atoms with E-state index in [0.717, 1.165) is 28.2 Å². The van der Waals surface area contributed by atoms with Crippen LogP contribution in [0.15, 0.2) is 85.2 Å². The predicted octanol–water partition coefficient (Wildman–Crippen LogP) is 8.04. The summed E-state index contributed by atoms with van der Waals surface area (Å²) in [5, 5.41) is 4.44. The average molecular weight is 554 g/mol. The van der Waals surface area contributed by atoms with Gasteiger partial charge in [0.2, 0.25) is 0 Å². The molecule has 5 rings (SSSR count). The number of benzene rings is 1. The van der Waals surface area contributed by atoms with Gasteiger partial charge >= 0.3 is 6.18 Å². The van der Waals surface area contributed by atoms with Gasteiger partial charge in [0.05, 0.1) is 28.8 Å². The van der Waals surface area contributed by atoms with Crippen molar-refractivity contribution in [2.75, 3.05) is 0 Å². The number of hydrogen-bond donors (Lipinski definition) is 0. The lowest BCUT2D eigenvalue weighted by molar-refractivity contribution is -0.137. The molecule has 5 aromatic rings. The van der Waals surface area contributed by atoms with Crippen LogP contribution in [0, 0.1) is 0 Å². The summed E-state index contributed by atoms with van der Waals surface area (Å²) in [5.41, 5.74) is 2.57. The summed E-state index contributed by atoms with van der Waals surface area (Å²) >= 11 is 12.3. The van der Waals surface area contributed by atoms with Crippen LogP contribution < -0.4 is 0 Å². The van der Waals surface area contributed by atoms with Crippen LogP contribution in [0.1, 0.15) is 30.8 Å². The summed E-state index contributed by atoms with van der Waals surface area (Å²) in [5.74, 6) is 0.256. The van der Waals surface area contributed by atoms with Crippen molar-refractivity contribution in [3.8, 4) is 28.2 Å². The van der Waals surface area contributed by atoms with Crippen LogP contribution in [-0.4, -0.2) is 24.7 Å². The second-order valence-electron chi connectivity index (χ2n) is 9.14. The van der Waals surface area contributed by atoms with E-state index in [-0.39, 0.29) is 16.1 Å². The monoisotopic (exact) mass is 553 g/mol. The third kappa shape index (κ3) is 5.14. The Morgan fingerprint density at radius 2 is 1.53 bits per heavy atom. The van der Waals surface area contributed by atoms with Crippen LogP contribution in [-0.2, 0) is 11.6 Å². The fourth-order valence-electron chi connectivity index (χ4n) is 4.01. The number of nitrogens with zero attached hydrogens (tertiary/aromatic N) is 5. The second-order valence-corrected chi connectivity index (χ2v) is 9.89. The zero-order valence-electron chi connectivity index (χ0n) is 20.2. The molecule has 0 radical (unpaired) electrons. The van der Waals surface area contributed by atoms with Gasteiger partial charge < -0.3 is 0 Å². The maximum Gasteiger partial charge on any atom is 0.419 e. The summed E-state index contributed by atoms with van der Waals surface area (Å²) in [7, 11) is 0. The summed E-state index contributed by atoms with van der Waals surface area (Å²) in [4.78, 5) is 13.7. The Labute approximate surface area is 226 Å². The van der Waals surface area contributed by atoms with Gasteiger partial charge in [-0.25, -0.2) is 14.6 Å². The van der Waals surface area contributed by atoms with Gasteiger partial charge in [-0.2, -0.15) is 18.3 Å². The quantitative estimate of drug-likeness (QED) is 0.206. The maximum absolute atomic E-state index is 13.3. The van der Waals surface area contributed by atoms with Crippen molar-refractivity contribution in [2.45, 2.75) is 25.4 Å². The van der Waals surface area contributed by atoms with Gasteiger partial charge in [-0.15, -0.1) is 0 Å². The summed E-state index contributed by atoms with van der Waals surface area (Å²) in [6.45, 7) is 3.90. The van der Waals surface area contributed by atoms with Crippen molar-refractivity contribution in [3.63, 3.8) is 0 Å². The van der Waals surface area contributed by atoms with Crippen molar-refractivity contribution >= 4 is 23.2 Å². The fourth-order valence-corrected chi connectivity index (χ4v) is 4.45. The molecule has 0 saturated carbocycles. The lowest BCUT2D eigenvalue weighted by Crippen LogP contribution is -2.23. The molecule has 5 nitrogen and oxygen atoms in total. The molecule has 0 bridgehead atoms. The van der Waals surface area contributed by atoms with Gasteiger partial charge in [0, 0.05) is 17.2 Å². The topological polar surface area (TPSA) is 56.5 Å². The standard InChI is InChI=1S/C28H20Cl2F3N5/c1-27(2,22-10-6-9-21(35-22)20-11-12-24(29)37-26(20)30)23-13-18(17-7-4-3-5-8-17)14-25(36-23)38-16-19(15-34-38)28(31,32)33/h3-16H,1-2H3. The van der Waals surface area contributed by atoms with E-state index in [1.54, 1.807) is 18.2 Å². The molecule has 0 N–H and O–H groups in total. The highest BCUT2D eigenvalue weighted by atomic mass is 35.5. The molecule has 0 saturated heterocycles. The minimum absolute atomic E-state index is 0.227. The van der Waals surface area contributed by atoms with Crippen LogP contribution >= 0.6 is 23.2 Å². The van der Waals surface area contributed by atoms with Gasteiger partial charge in [-0.05, 0) is 61.4 Å². The van der Waals surface area contributed by atoms with Gasteiger partial charge in [0.15, 0.2) is 5.82 Å². The van der Waals surface area contributed by atoms with E-state index in [9.17, 15) is 13.2 Å². The van der Waals surface area contributed by atoms with Gasteiger partial charge in [-0.1, -0.05) is 59.6 Å². The normalized spacial score (nSPS) is 12.1. The lowest BCUT2D eigenvalue weighted by Gasteiger charge is -2.25. The zero-order chi connectivity index (χ0) is 27.1. The number of halogens is 5. The highest BCUT2D eigenvalue weighted by molar-refractivity contribution is 6.34. The number of rotatable bonds is 5. The third-order valence-electron chi connectivity index (χ3n) is 6.18. The van der Waals surface area contributed by atoms with Crippen LogP contribution in [0.25, 0.3) is 28.2 Å². The first kappa shape index (κ1) is 25.9. The highest BCUT2D eigenvalue weighted by Gasteiger charge is 2.33. The van der Waals surface area contributed by atoms with Gasteiger partial charge in [0.1, 0.15) is 10.3 Å². The summed E-state index contributed by atoms with van der Waals surface area (Å²) in [6.07, 6.45) is -2.79. The van der Waals surface area contributed by atoms with Crippen molar-refractivity contribution < 1.29 is 13.2 Å². The van der Waals surface area contributed by atoms with E-state index >= 15 is 0 Å². The van der Waals surface area contributed by atoms with Crippen LogP contribution in [0.2, 0.25) is 10.3 Å². The molecule has 0 aliphatic rings. The smallest absolute Gasteiger partial charge is 0.252 e. The van der Waals surface area contributed by atoms with E-state index in [0.29, 0.717) is 22.6 Å². The van der Waals surface area contributed by atoms with Crippen LogP contribution in [0.5, 0.6) is 0 Å². The molecule has 0 atom stereocenters. The van der Waals surface area contributed by atoms with Crippen LogP contribution in [0.3, 0.4) is 0 Å². The molecule has 4 aromatic heterocycles. The largest absolute Gasteiger partial charge is 0.419 e. The second kappa shape index (κ2) is 9.85. The Morgan fingerprint density at radius 1 is 0.763 bits per heavy atom. The van der Waals surface area contributed by atoms with Crippen molar-refractivity contribution in [2.24, 2.45) is 0 Å². The number of hydrogen-bond acceptors (Lipinski definition) is 4. The number of alkyl halides is 3.